The fourth-order valence-electron chi connectivity index (χ4n) is 3.77. The van der Waals surface area contributed by atoms with E-state index >= 15 is 0 Å². The number of anilines is 1. The number of aliphatic hydroxyl groups excluding tert-OH is 1. The SMILES string of the molecule is CO[C@H](CC/C=C/C(=O)O)[C@H](OC(=O)Nc1cccc2ccccc12)c1ccccc1OCCO. The number of benzene rings is 3. The first-order chi connectivity index (χ1) is 17.0. The molecule has 0 aliphatic carbocycles. The zero-order valence-corrected chi connectivity index (χ0v) is 19.4. The Kier molecular flexibility index (Phi) is 9.65. The van der Waals surface area contributed by atoms with Crippen molar-refractivity contribution in [2.24, 2.45) is 0 Å². The molecule has 3 N–H and O–H groups in total. The second-order valence-corrected chi connectivity index (χ2v) is 7.68. The number of allylic oxidation sites excluding steroid dienone is 1. The van der Waals surface area contributed by atoms with Gasteiger partial charge in [-0.05, 0) is 30.4 Å². The Morgan fingerprint density at radius 1 is 1.03 bits per heavy atom. The van der Waals surface area contributed by atoms with E-state index in [1.807, 2.05) is 36.4 Å². The minimum Gasteiger partial charge on any atom is -0.491 e. The number of amides is 1. The number of carbonyl (C=O) groups excluding carboxylic acids is 1. The van der Waals surface area contributed by atoms with Crippen molar-refractivity contribution in [2.75, 3.05) is 25.6 Å². The van der Waals surface area contributed by atoms with Gasteiger partial charge in [-0.1, -0.05) is 60.7 Å². The zero-order valence-electron chi connectivity index (χ0n) is 19.4. The van der Waals surface area contributed by atoms with Crippen molar-refractivity contribution in [3.05, 3.63) is 84.4 Å². The molecular formula is C27H29NO7. The summed E-state index contributed by atoms with van der Waals surface area (Å²) >= 11 is 0. The van der Waals surface area contributed by atoms with Crippen LogP contribution in [0.25, 0.3) is 10.8 Å². The molecule has 0 aliphatic rings. The molecule has 0 aliphatic heterocycles. The molecule has 3 aromatic rings. The van der Waals surface area contributed by atoms with E-state index in [1.165, 1.54) is 13.2 Å². The Morgan fingerprint density at radius 3 is 2.54 bits per heavy atom. The number of carboxylic acids is 1. The van der Waals surface area contributed by atoms with Gasteiger partial charge in [0.05, 0.1) is 18.4 Å². The van der Waals surface area contributed by atoms with Crippen LogP contribution in [0, 0.1) is 0 Å². The summed E-state index contributed by atoms with van der Waals surface area (Å²) in [6.45, 7) is -0.0972. The first-order valence-corrected chi connectivity index (χ1v) is 11.2. The molecule has 0 saturated heterocycles. The van der Waals surface area contributed by atoms with Crippen molar-refractivity contribution in [2.45, 2.75) is 25.0 Å². The van der Waals surface area contributed by atoms with Crippen LogP contribution in [0.5, 0.6) is 5.75 Å². The minimum atomic E-state index is -1.04. The maximum atomic E-state index is 13.0. The van der Waals surface area contributed by atoms with Gasteiger partial charge >= 0.3 is 12.1 Å². The average molecular weight is 480 g/mol. The van der Waals surface area contributed by atoms with Gasteiger partial charge in [-0.15, -0.1) is 0 Å². The molecule has 2 atom stereocenters. The van der Waals surface area contributed by atoms with Crippen LogP contribution >= 0.6 is 0 Å². The summed E-state index contributed by atoms with van der Waals surface area (Å²) < 4.78 is 17.2. The van der Waals surface area contributed by atoms with Crippen molar-refractivity contribution >= 4 is 28.5 Å². The number of ether oxygens (including phenoxy) is 3. The number of rotatable bonds is 12. The molecule has 3 rings (SSSR count). The Balaban J connectivity index is 1.87. The van der Waals surface area contributed by atoms with E-state index in [1.54, 1.807) is 30.3 Å². The van der Waals surface area contributed by atoms with Crippen molar-refractivity contribution < 1.29 is 34.0 Å². The largest absolute Gasteiger partial charge is 0.491 e. The van der Waals surface area contributed by atoms with Gasteiger partial charge in [-0.25, -0.2) is 9.59 Å². The molecule has 8 heteroatoms. The number of para-hydroxylation sites is 1. The van der Waals surface area contributed by atoms with Crippen molar-refractivity contribution in [1.29, 1.82) is 0 Å². The topological polar surface area (TPSA) is 114 Å². The number of carboxylic acid groups (broad SMARTS) is 1. The molecule has 0 saturated carbocycles. The summed E-state index contributed by atoms with van der Waals surface area (Å²) in [4.78, 5) is 23.8. The monoisotopic (exact) mass is 479 g/mol. The minimum absolute atomic E-state index is 0.0743. The quantitative estimate of drug-likeness (QED) is 0.315. The van der Waals surface area contributed by atoms with E-state index in [4.69, 9.17) is 19.3 Å². The third-order valence-electron chi connectivity index (χ3n) is 5.35. The third-order valence-corrected chi connectivity index (χ3v) is 5.35. The fraction of sp³-hybridized carbons (Fsp3) is 0.259. The smallest absolute Gasteiger partial charge is 0.412 e. The van der Waals surface area contributed by atoms with E-state index in [-0.39, 0.29) is 13.2 Å². The molecule has 3 aromatic carbocycles. The van der Waals surface area contributed by atoms with Crippen LogP contribution in [-0.4, -0.2) is 48.7 Å². The molecule has 0 heterocycles. The van der Waals surface area contributed by atoms with Crippen LogP contribution < -0.4 is 10.1 Å². The molecule has 8 nitrogen and oxygen atoms in total. The molecule has 0 fully saturated rings. The molecule has 1 amide bonds. The van der Waals surface area contributed by atoms with Gasteiger partial charge in [-0.3, -0.25) is 5.32 Å². The first-order valence-electron chi connectivity index (χ1n) is 11.2. The molecule has 0 aromatic heterocycles. The lowest BCUT2D eigenvalue weighted by Gasteiger charge is -2.28. The van der Waals surface area contributed by atoms with Gasteiger partial charge in [0, 0.05) is 24.1 Å². The number of fused-ring (bicyclic) bond motifs is 1. The number of hydrogen-bond acceptors (Lipinski definition) is 6. The Morgan fingerprint density at radius 2 is 1.77 bits per heavy atom. The third kappa shape index (κ3) is 7.30. The Bertz CT molecular complexity index is 1160. The lowest BCUT2D eigenvalue weighted by atomic mass is 9.99. The number of aliphatic hydroxyl groups is 1. The Labute approximate surface area is 203 Å². The number of methoxy groups -OCH3 is 1. The normalized spacial score (nSPS) is 12.9. The predicted molar refractivity (Wildman–Crippen MR) is 133 cm³/mol. The van der Waals surface area contributed by atoms with Gasteiger partial charge in [0.1, 0.15) is 12.4 Å². The molecule has 0 bridgehead atoms. The molecule has 35 heavy (non-hydrogen) atoms. The van der Waals surface area contributed by atoms with Crippen molar-refractivity contribution in [3.63, 3.8) is 0 Å². The van der Waals surface area contributed by atoms with E-state index in [0.717, 1.165) is 16.8 Å². The number of nitrogens with one attached hydrogen (secondary N) is 1. The number of carbonyl (C=O) groups is 2. The predicted octanol–water partition coefficient (Wildman–Crippen LogP) is 4.94. The maximum absolute atomic E-state index is 13.0. The van der Waals surface area contributed by atoms with E-state index in [9.17, 15) is 14.7 Å². The summed E-state index contributed by atoms with van der Waals surface area (Å²) in [5, 5.41) is 22.7. The van der Waals surface area contributed by atoms with Crippen molar-refractivity contribution in [3.8, 4) is 5.75 Å². The summed E-state index contributed by atoms with van der Waals surface area (Å²) in [7, 11) is 1.50. The van der Waals surface area contributed by atoms with Crippen LogP contribution in [0.3, 0.4) is 0 Å². The van der Waals surface area contributed by atoms with Gasteiger partial charge in [0.2, 0.25) is 0 Å². The molecule has 184 valence electrons. The molecular weight excluding hydrogens is 450 g/mol. The highest BCUT2D eigenvalue weighted by Crippen LogP contribution is 2.34. The lowest BCUT2D eigenvalue weighted by molar-refractivity contribution is -0.131. The van der Waals surface area contributed by atoms with Gasteiger partial charge < -0.3 is 24.4 Å². The van der Waals surface area contributed by atoms with Gasteiger partial charge in [-0.2, -0.15) is 0 Å². The molecule has 0 unspecified atom stereocenters. The van der Waals surface area contributed by atoms with Crippen LogP contribution in [0.4, 0.5) is 10.5 Å². The number of hydrogen-bond donors (Lipinski definition) is 3. The van der Waals surface area contributed by atoms with E-state index in [0.29, 0.717) is 29.8 Å². The standard InChI is InChI=1S/C27H29NO7/c1-33-24(15-6-7-16-25(30)31)26(21-12-4-5-14-23(21)34-18-17-29)35-27(32)28-22-13-8-10-19-9-2-3-11-20(19)22/h2-5,7-14,16,24,26,29H,6,15,17-18H2,1H3,(H,28,32)(H,30,31)/b16-7+/t24-,26-/m1/s1. The van der Waals surface area contributed by atoms with Crippen molar-refractivity contribution in [1.82, 2.24) is 0 Å². The first kappa shape index (κ1) is 25.7. The summed E-state index contributed by atoms with van der Waals surface area (Å²) in [6.07, 6.45) is 1.25. The lowest BCUT2D eigenvalue weighted by Crippen LogP contribution is -2.28. The van der Waals surface area contributed by atoms with Gasteiger partial charge in [0.15, 0.2) is 6.10 Å². The second kappa shape index (κ2) is 13.1. The second-order valence-electron chi connectivity index (χ2n) is 7.68. The molecule has 0 spiro atoms. The average Bonchev–Trinajstić information content (AvgIpc) is 2.87. The highest BCUT2D eigenvalue weighted by molar-refractivity contribution is 6.00. The highest BCUT2D eigenvalue weighted by atomic mass is 16.6. The zero-order chi connectivity index (χ0) is 25.0. The Hall–Kier alpha value is -3.88. The highest BCUT2D eigenvalue weighted by Gasteiger charge is 2.29. The van der Waals surface area contributed by atoms with E-state index in [2.05, 4.69) is 5.32 Å². The van der Waals surface area contributed by atoms with E-state index < -0.39 is 24.3 Å². The maximum Gasteiger partial charge on any atom is 0.412 e. The summed E-state index contributed by atoms with van der Waals surface area (Å²) in [5.41, 5.74) is 1.18. The van der Waals surface area contributed by atoms with Gasteiger partial charge in [0.25, 0.3) is 0 Å². The summed E-state index contributed by atoms with van der Waals surface area (Å²) in [5.74, 6) is -0.586. The molecule has 0 radical (unpaired) electrons. The summed E-state index contributed by atoms with van der Waals surface area (Å²) in [6, 6.07) is 20.3. The van der Waals surface area contributed by atoms with Crippen LogP contribution in [-0.2, 0) is 14.3 Å². The van der Waals surface area contributed by atoms with Crippen LogP contribution in [0.2, 0.25) is 0 Å². The fourth-order valence-corrected chi connectivity index (χ4v) is 3.77. The van der Waals surface area contributed by atoms with Crippen LogP contribution in [0.15, 0.2) is 78.9 Å². The van der Waals surface area contributed by atoms with Crippen LogP contribution in [0.1, 0.15) is 24.5 Å². The number of aliphatic carboxylic acids is 1.